The lowest BCUT2D eigenvalue weighted by atomic mass is 10.2. The minimum atomic E-state index is -0.170. The van der Waals surface area contributed by atoms with Crippen molar-refractivity contribution < 1.29 is 4.79 Å². The van der Waals surface area contributed by atoms with Crippen LogP contribution in [0.3, 0.4) is 0 Å². The molecule has 17 heavy (non-hydrogen) atoms. The highest BCUT2D eigenvalue weighted by Gasteiger charge is 2.06. The molecule has 0 spiro atoms. The summed E-state index contributed by atoms with van der Waals surface area (Å²) < 4.78 is 0. The quantitative estimate of drug-likeness (QED) is 0.844. The molecule has 0 aliphatic heterocycles. The largest absolute Gasteiger partial charge is 0.378 e. The number of carbonyl (C=O) groups is 1. The normalized spacial score (nSPS) is 10.0. The molecular formula is C12H14N4O. The van der Waals surface area contributed by atoms with Crippen LogP contribution in [-0.4, -0.2) is 30.2 Å². The van der Waals surface area contributed by atoms with E-state index in [1.54, 1.807) is 6.20 Å². The fourth-order valence-electron chi connectivity index (χ4n) is 1.42. The topological polar surface area (TPSA) is 61.0 Å². The minimum absolute atomic E-state index is 0.170. The van der Waals surface area contributed by atoms with Crippen molar-refractivity contribution in [2.45, 2.75) is 0 Å². The average Bonchev–Trinajstić information content (AvgIpc) is 2.83. The number of benzene rings is 1. The number of anilines is 2. The van der Waals surface area contributed by atoms with Gasteiger partial charge in [0, 0.05) is 31.7 Å². The second-order valence-electron chi connectivity index (χ2n) is 3.88. The summed E-state index contributed by atoms with van der Waals surface area (Å²) in [6, 6.07) is 7.64. The Morgan fingerprint density at radius 3 is 2.53 bits per heavy atom. The average molecular weight is 230 g/mol. The van der Waals surface area contributed by atoms with E-state index in [4.69, 9.17) is 0 Å². The molecule has 5 heteroatoms. The fraction of sp³-hybridized carbons (Fsp3) is 0.167. The third-order valence-electron chi connectivity index (χ3n) is 2.40. The van der Waals surface area contributed by atoms with Crippen LogP contribution in [0.15, 0.2) is 36.7 Å². The summed E-state index contributed by atoms with van der Waals surface area (Å²) in [6.07, 6.45) is 3.05. The van der Waals surface area contributed by atoms with E-state index < -0.39 is 0 Å². The van der Waals surface area contributed by atoms with Gasteiger partial charge in [-0.15, -0.1) is 0 Å². The lowest BCUT2D eigenvalue weighted by Gasteiger charge is -2.12. The second kappa shape index (κ2) is 4.69. The number of amides is 1. The Labute approximate surface area is 99.5 Å². The molecule has 2 aromatic rings. The Hall–Kier alpha value is -2.30. The van der Waals surface area contributed by atoms with E-state index in [0.29, 0.717) is 5.56 Å². The first-order valence-electron chi connectivity index (χ1n) is 5.24. The number of H-pyrrole nitrogens is 1. The van der Waals surface area contributed by atoms with Crippen LogP contribution >= 0.6 is 0 Å². The van der Waals surface area contributed by atoms with Gasteiger partial charge in [-0.1, -0.05) is 0 Å². The minimum Gasteiger partial charge on any atom is -0.378 e. The highest BCUT2D eigenvalue weighted by atomic mass is 16.1. The van der Waals surface area contributed by atoms with E-state index in [1.165, 1.54) is 6.20 Å². The third kappa shape index (κ3) is 2.63. The Kier molecular flexibility index (Phi) is 3.09. The van der Waals surface area contributed by atoms with Gasteiger partial charge in [-0.2, -0.15) is 5.10 Å². The van der Waals surface area contributed by atoms with E-state index in [9.17, 15) is 4.79 Å². The predicted octanol–water partition coefficient (Wildman–Crippen LogP) is 1.73. The van der Waals surface area contributed by atoms with Crippen molar-refractivity contribution >= 4 is 17.3 Å². The number of hydrogen-bond acceptors (Lipinski definition) is 3. The molecule has 0 unspecified atom stereocenters. The number of nitrogens with one attached hydrogen (secondary N) is 2. The van der Waals surface area contributed by atoms with Crippen molar-refractivity contribution in [3.05, 3.63) is 42.2 Å². The molecule has 0 fully saturated rings. The zero-order chi connectivity index (χ0) is 12.3. The summed E-state index contributed by atoms with van der Waals surface area (Å²) in [6.45, 7) is 0. The molecule has 0 saturated carbocycles. The highest BCUT2D eigenvalue weighted by Crippen LogP contribution is 2.16. The lowest BCUT2D eigenvalue weighted by Crippen LogP contribution is -2.12. The van der Waals surface area contributed by atoms with Gasteiger partial charge >= 0.3 is 0 Å². The Morgan fingerprint density at radius 1 is 1.29 bits per heavy atom. The van der Waals surface area contributed by atoms with Crippen LogP contribution in [0, 0.1) is 0 Å². The maximum atomic E-state index is 11.7. The second-order valence-corrected chi connectivity index (χ2v) is 3.88. The molecule has 2 rings (SSSR count). The molecule has 5 nitrogen and oxygen atoms in total. The van der Waals surface area contributed by atoms with Gasteiger partial charge in [0.05, 0.1) is 11.8 Å². The summed E-state index contributed by atoms with van der Waals surface area (Å²) in [7, 11) is 3.94. The van der Waals surface area contributed by atoms with Crippen molar-refractivity contribution in [2.75, 3.05) is 24.3 Å². The van der Waals surface area contributed by atoms with Gasteiger partial charge in [-0.3, -0.25) is 9.89 Å². The molecule has 0 aliphatic carbocycles. The molecular weight excluding hydrogens is 216 g/mol. The molecule has 0 radical (unpaired) electrons. The van der Waals surface area contributed by atoms with Crippen LogP contribution in [0.4, 0.5) is 11.4 Å². The first-order chi connectivity index (χ1) is 8.16. The Morgan fingerprint density at radius 2 is 2.00 bits per heavy atom. The van der Waals surface area contributed by atoms with Crippen LogP contribution in [0.2, 0.25) is 0 Å². The number of carbonyl (C=O) groups excluding carboxylic acids is 1. The first kappa shape index (κ1) is 11.2. The van der Waals surface area contributed by atoms with E-state index >= 15 is 0 Å². The SMILES string of the molecule is CN(C)c1ccc(NC(=O)c2cn[nH]c2)cc1. The summed E-state index contributed by atoms with van der Waals surface area (Å²) in [4.78, 5) is 13.7. The molecule has 0 atom stereocenters. The van der Waals surface area contributed by atoms with E-state index in [1.807, 2.05) is 43.3 Å². The molecule has 88 valence electrons. The molecule has 1 heterocycles. The molecule has 1 amide bonds. The van der Waals surface area contributed by atoms with Crippen LogP contribution in [0.5, 0.6) is 0 Å². The predicted molar refractivity (Wildman–Crippen MR) is 67.3 cm³/mol. The van der Waals surface area contributed by atoms with Gasteiger partial charge in [-0.05, 0) is 24.3 Å². The van der Waals surface area contributed by atoms with Crippen molar-refractivity contribution in [3.63, 3.8) is 0 Å². The zero-order valence-corrected chi connectivity index (χ0v) is 9.77. The van der Waals surface area contributed by atoms with Crippen molar-refractivity contribution in [3.8, 4) is 0 Å². The van der Waals surface area contributed by atoms with E-state index in [2.05, 4.69) is 15.5 Å². The lowest BCUT2D eigenvalue weighted by molar-refractivity contribution is 0.102. The van der Waals surface area contributed by atoms with Crippen LogP contribution in [0.25, 0.3) is 0 Å². The molecule has 1 aromatic heterocycles. The molecule has 1 aromatic carbocycles. The van der Waals surface area contributed by atoms with E-state index in [-0.39, 0.29) is 5.91 Å². The fourth-order valence-corrected chi connectivity index (χ4v) is 1.42. The maximum absolute atomic E-state index is 11.7. The number of nitrogens with zero attached hydrogens (tertiary/aromatic N) is 2. The zero-order valence-electron chi connectivity index (χ0n) is 9.77. The summed E-state index contributed by atoms with van der Waals surface area (Å²) in [5.74, 6) is -0.170. The smallest absolute Gasteiger partial charge is 0.258 e. The first-order valence-corrected chi connectivity index (χ1v) is 5.24. The summed E-state index contributed by atoms with van der Waals surface area (Å²) in [5, 5.41) is 9.13. The van der Waals surface area contributed by atoms with Crippen molar-refractivity contribution in [1.82, 2.24) is 10.2 Å². The van der Waals surface area contributed by atoms with Gasteiger partial charge in [0.25, 0.3) is 5.91 Å². The molecule has 0 aliphatic rings. The number of rotatable bonds is 3. The van der Waals surface area contributed by atoms with Crippen molar-refractivity contribution in [2.24, 2.45) is 0 Å². The van der Waals surface area contributed by atoms with Gasteiger partial charge in [0.2, 0.25) is 0 Å². The summed E-state index contributed by atoms with van der Waals surface area (Å²) in [5.41, 5.74) is 2.37. The third-order valence-corrected chi connectivity index (χ3v) is 2.40. The highest BCUT2D eigenvalue weighted by molar-refractivity contribution is 6.03. The van der Waals surface area contributed by atoms with Crippen LogP contribution < -0.4 is 10.2 Å². The molecule has 0 bridgehead atoms. The van der Waals surface area contributed by atoms with Crippen LogP contribution in [-0.2, 0) is 0 Å². The molecule has 2 N–H and O–H groups in total. The van der Waals surface area contributed by atoms with E-state index in [0.717, 1.165) is 11.4 Å². The van der Waals surface area contributed by atoms with Gasteiger partial charge in [0.1, 0.15) is 0 Å². The van der Waals surface area contributed by atoms with Crippen molar-refractivity contribution in [1.29, 1.82) is 0 Å². The van der Waals surface area contributed by atoms with Gasteiger partial charge in [-0.25, -0.2) is 0 Å². The van der Waals surface area contributed by atoms with Gasteiger partial charge < -0.3 is 10.2 Å². The van der Waals surface area contributed by atoms with Gasteiger partial charge in [0.15, 0.2) is 0 Å². The summed E-state index contributed by atoms with van der Waals surface area (Å²) >= 11 is 0. The Bertz CT molecular complexity index is 488. The monoisotopic (exact) mass is 230 g/mol. The standard InChI is InChI=1S/C12H14N4O/c1-16(2)11-5-3-10(4-6-11)15-12(17)9-7-13-14-8-9/h3-8H,1-2H3,(H,13,14)(H,15,17). The Balaban J connectivity index is 2.07. The van der Waals surface area contributed by atoms with Crippen LogP contribution in [0.1, 0.15) is 10.4 Å². The number of hydrogen-bond donors (Lipinski definition) is 2. The number of aromatic nitrogens is 2. The maximum Gasteiger partial charge on any atom is 0.258 e. The molecule has 0 saturated heterocycles. The number of aromatic amines is 1.